The van der Waals surface area contributed by atoms with Crippen molar-refractivity contribution in [1.29, 1.82) is 0 Å². The molecule has 1 atom stereocenters. The Labute approximate surface area is 181 Å². The van der Waals surface area contributed by atoms with Crippen molar-refractivity contribution in [3.63, 3.8) is 0 Å². The van der Waals surface area contributed by atoms with Crippen molar-refractivity contribution >= 4 is 46.3 Å². The summed E-state index contributed by atoms with van der Waals surface area (Å²) in [4.78, 5) is 24.3. The minimum atomic E-state index is -1.07. The number of para-hydroxylation sites is 1. The first kappa shape index (κ1) is 22.6. The number of benzene rings is 2. The van der Waals surface area contributed by atoms with Gasteiger partial charge in [-0.15, -0.1) is 0 Å². The quantitative estimate of drug-likeness (QED) is 0.245. The van der Waals surface area contributed by atoms with E-state index in [-0.39, 0.29) is 5.69 Å². The van der Waals surface area contributed by atoms with E-state index in [1.54, 1.807) is 19.2 Å². The van der Waals surface area contributed by atoms with E-state index >= 15 is 0 Å². The highest BCUT2D eigenvalue weighted by molar-refractivity contribution is 14.1. The molecule has 0 radical (unpaired) electrons. The molecular formula is C20H21FIN3O4. The molecular weight excluding hydrogens is 492 g/mol. The number of ether oxygens (including phenoxy) is 2. The number of methoxy groups -OCH3 is 1. The van der Waals surface area contributed by atoms with Crippen LogP contribution in [0.3, 0.4) is 0 Å². The largest absolute Gasteiger partial charge is 0.492 e. The first-order valence-electron chi connectivity index (χ1n) is 8.76. The van der Waals surface area contributed by atoms with Gasteiger partial charge in [-0.1, -0.05) is 12.1 Å². The van der Waals surface area contributed by atoms with Gasteiger partial charge in [0.2, 0.25) is 5.91 Å². The third-order valence-corrected chi connectivity index (χ3v) is 4.64. The van der Waals surface area contributed by atoms with Gasteiger partial charge in [0.25, 0.3) is 5.91 Å². The van der Waals surface area contributed by atoms with Gasteiger partial charge in [0.15, 0.2) is 11.5 Å². The molecule has 0 fully saturated rings. The molecule has 0 aliphatic heterocycles. The zero-order valence-corrected chi connectivity index (χ0v) is 18.3. The first-order chi connectivity index (χ1) is 13.9. The molecule has 2 aromatic rings. The lowest BCUT2D eigenvalue weighted by Gasteiger charge is -2.12. The highest BCUT2D eigenvalue weighted by atomic mass is 127. The molecule has 0 saturated heterocycles. The standard InChI is InChI=1S/C20H21FIN3O4/c1-4-29-17-10-13(9-15(22)18(17)28-3)11-23-25-20(27)12(2)19(26)24-16-8-6-5-7-14(16)21/h5-12H,4H2,1-3H3,(H,24,26)(H,25,27). The minimum absolute atomic E-state index is 0.0110. The molecule has 2 aromatic carbocycles. The van der Waals surface area contributed by atoms with Crippen LogP contribution in [0, 0.1) is 15.3 Å². The van der Waals surface area contributed by atoms with Crippen LogP contribution in [-0.4, -0.2) is 31.7 Å². The van der Waals surface area contributed by atoms with E-state index < -0.39 is 23.5 Å². The number of hydrazone groups is 1. The van der Waals surface area contributed by atoms with Crippen molar-refractivity contribution in [2.75, 3.05) is 19.0 Å². The predicted molar refractivity (Wildman–Crippen MR) is 117 cm³/mol. The van der Waals surface area contributed by atoms with E-state index in [9.17, 15) is 14.0 Å². The van der Waals surface area contributed by atoms with E-state index in [2.05, 4.69) is 38.4 Å². The molecule has 0 aromatic heterocycles. The molecule has 154 valence electrons. The van der Waals surface area contributed by atoms with Gasteiger partial charge in [-0.25, -0.2) is 9.82 Å². The minimum Gasteiger partial charge on any atom is -0.492 e. The van der Waals surface area contributed by atoms with E-state index in [0.29, 0.717) is 23.7 Å². The lowest BCUT2D eigenvalue weighted by molar-refractivity contribution is -0.131. The fraction of sp³-hybridized carbons (Fsp3) is 0.250. The number of hydrogen-bond donors (Lipinski definition) is 2. The maximum atomic E-state index is 13.6. The van der Waals surface area contributed by atoms with Crippen LogP contribution in [0.5, 0.6) is 11.5 Å². The number of hydrogen-bond acceptors (Lipinski definition) is 5. The molecule has 2 N–H and O–H groups in total. The molecule has 0 heterocycles. The molecule has 0 spiro atoms. The number of carbonyl (C=O) groups is 2. The van der Waals surface area contributed by atoms with Crippen LogP contribution in [0.25, 0.3) is 0 Å². The van der Waals surface area contributed by atoms with Gasteiger partial charge < -0.3 is 14.8 Å². The normalized spacial score (nSPS) is 11.8. The lowest BCUT2D eigenvalue weighted by atomic mass is 10.1. The van der Waals surface area contributed by atoms with Gasteiger partial charge in [-0.3, -0.25) is 9.59 Å². The molecule has 0 bridgehead atoms. The Morgan fingerprint density at radius 1 is 1.28 bits per heavy atom. The maximum absolute atomic E-state index is 13.6. The second kappa shape index (κ2) is 10.7. The Hall–Kier alpha value is -2.69. The smallest absolute Gasteiger partial charge is 0.252 e. The zero-order valence-electron chi connectivity index (χ0n) is 16.2. The molecule has 9 heteroatoms. The molecule has 2 amide bonds. The van der Waals surface area contributed by atoms with Crippen LogP contribution >= 0.6 is 22.6 Å². The maximum Gasteiger partial charge on any atom is 0.252 e. The van der Waals surface area contributed by atoms with Crippen molar-refractivity contribution in [3.05, 3.63) is 51.3 Å². The predicted octanol–water partition coefficient (Wildman–Crippen LogP) is 3.56. The summed E-state index contributed by atoms with van der Waals surface area (Å²) in [5.41, 5.74) is 3.01. The van der Waals surface area contributed by atoms with Crippen molar-refractivity contribution in [3.8, 4) is 11.5 Å². The molecule has 0 saturated carbocycles. The second-order valence-electron chi connectivity index (χ2n) is 5.89. The summed E-state index contributed by atoms with van der Waals surface area (Å²) in [5, 5.41) is 6.27. The zero-order chi connectivity index (χ0) is 21.4. The fourth-order valence-corrected chi connectivity index (χ4v) is 3.16. The highest BCUT2D eigenvalue weighted by Gasteiger charge is 2.22. The van der Waals surface area contributed by atoms with Gasteiger partial charge in [0.1, 0.15) is 11.7 Å². The summed E-state index contributed by atoms with van der Waals surface area (Å²) in [6.07, 6.45) is 1.43. The Morgan fingerprint density at radius 2 is 2.00 bits per heavy atom. The molecule has 29 heavy (non-hydrogen) atoms. The van der Waals surface area contributed by atoms with Crippen LogP contribution < -0.4 is 20.2 Å². The summed E-state index contributed by atoms with van der Waals surface area (Å²) in [5.74, 6) is -1.73. The molecule has 1 unspecified atom stereocenters. The van der Waals surface area contributed by atoms with E-state index in [4.69, 9.17) is 9.47 Å². The van der Waals surface area contributed by atoms with Gasteiger partial charge >= 0.3 is 0 Å². The summed E-state index contributed by atoms with van der Waals surface area (Å²) in [6.45, 7) is 3.74. The highest BCUT2D eigenvalue weighted by Crippen LogP contribution is 2.33. The second-order valence-corrected chi connectivity index (χ2v) is 7.05. The third-order valence-electron chi connectivity index (χ3n) is 3.84. The Balaban J connectivity index is 2.01. The number of amides is 2. The van der Waals surface area contributed by atoms with Crippen LogP contribution in [0.2, 0.25) is 0 Å². The van der Waals surface area contributed by atoms with Crippen LogP contribution in [0.15, 0.2) is 41.5 Å². The number of carbonyl (C=O) groups excluding carboxylic acids is 2. The summed E-state index contributed by atoms with van der Waals surface area (Å²) >= 11 is 2.11. The van der Waals surface area contributed by atoms with Gasteiger partial charge in [0.05, 0.1) is 29.2 Å². The number of anilines is 1. The van der Waals surface area contributed by atoms with E-state index in [1.165, 1.54) is 31.3 Å². The number of nitrogens with zero attached hydrogens (tertiary/aromatic N) is 1. The van der Waals surface area contributed by atoms with Crippen molar-refractivity contribution in [1.82, 2.24) is 5.43 Å². The first-order valence-corrected chi connectivity index (χ1v) is 9.83. The Kier molecular flexibility index (Phi) is 8.37. The average Bonchev–Trinajstić information content (AvgIpc) is 2.69. The van der Waals surface area contributed by atoms with Gasteiger partial charge in [-0.05, 0) is 66.3 Å². The van der Waals surface area contributed by atoms with E-state index in [1.807, 2.05) is 13.0 Å². The molecule has 2 rings (SSSR count). The number of nitrogens with one attached hydrogen (secondary N) is 2. The van der Waals surface area contributed by atoms with Crippen molar-refractivity contribution < 1.29 is 23.5 Å². The molecule has 0 aliphatic rings. The van der Waals surface area contributed by atoms with Crippen LogP contribution in [0.1, 0.15) is 19.4 Å². The van der Waals surface area contributed by atoms with Crippen molar-refractivity contribution in [2.24, 2.45) is 11.0 Å². The summed E-state index contributed by atoms with van der Waals surface area (Å²) < 4.78 is 25.3. The molecule has 7 nitrogen and oxygen atoms in total. The Bertz CT molecular complexity index is 921. The molecule has 0 aliphatic carbocycles. The van der Waals surface area contributed by atoms with Crippen LogP contribution in [0.4, 0.5) is 10.1 Å². The van der Waals surface area contributed by atoms with E-state index in [0.717, 1.165) is 3.57 Å². The fourth-order valence-electron chi connectivity index (χ4n) is 2.31. The average molecular weight is 513 g/mol. The summed E-state index contributed by atoms with van der Waals surface area (Å²) in [6, 6.07) is 9.27. The van der Waals surface area contributed by atoms with Gasteiger partial charge in [0, 0.05) is 0 Å². The third kappa shape index (κ3) is 6.14. The SMILES string of the molecule is CCOc1cc(C=NNC(=O)C(C)C(=O)Nc2ccccc2F)cc(I)c1OC. The lowest BCUT2D eigenvalue weighted by Crippen LogP contribution is -2.34. The van der Waals surface area contributed by atoms with Gasteiger partial charge in [-0.2, -0.15) is 5.10 Å². The Morgan fingerprint density at radius 3 is 2.66 bits per heavy atom. The topological polar surface area (TPSA) is 89.0 Å². The number of rotatable bonds is 8. The van der Waals surface area contributed by atoms with Crippen LogP contribution in [-0.2, 0) is 9.59 Å². The number of halogens is 2. The van der Waals surface area contributed by atoms with Crippen molar-refractivity contribution in [2.45, 2.75) is 13.8 Å². The summed E-state index contributed by atoms with van der Waals surface area (Å²) in [7, 11) is 1.56. The monoisotopic (exact) mass is 513 g/mol.